The van der Waals surface area contributed by atoms with Crippen LogP contribution in [0.2, 0.25) is 0 Å². The van der Waals surface area contributed by atoms with Crippen molar-refractivity contribution >= 4 is 5.97 Å². The molecule has 1 saturated carbocycles. The summed E-state index contributed by atoms with van der Waals surface area (Å²) in [6, 6.07) is -0.467. The van der Waals surface area contributed by atoms with E-state index in [9.17, 15) is 4.79 Å². The number of rotatable bonds is 2. The first kappa shape index (κ1) is 6.55. The average molecular weight is 129 g/mol. The van der Waals surface area contributed by atoms with Crippen LogP contribution in [0.1, 0.15) is 19.8 Å². The van der Waals surface area contributed by atoms with E-state index in [2.05, 4.69) is 0 Å². The Bertz CT molecular complexity index is 118. The minimum absolute atomic E-state index is 0.184. The topological polar surface area (TPSA) is 52.3 Å². The molecule has 1 rings (SSSR count). The highest BCUT2D eigenvalue weighted by Crippen LogP contribution is 2.23. The quantitative estimate of drug-likeness (QED) is 0.535. The van der Waals surface area contributed by atoms with Crippen molar-refractivity contribution in [2.75, 3.05) is 0 Å². The summed E-state index contributed by atoms with van der Waals surface area (Å²) >= 11 is 0. The van der Waals surface area contributed by atoms with E-state index >= 15 is 0 Å². The van der Waals surface area contributed by atoms with Crippen LogP contribution >= 0.6 is 0 Å². The van der Waals surface area contributed by atoms with Crippen molar-refractivity contribution in [2.45, 2.75) is 31.9 Å². The molecule has 0 bridgehead atoms. The zero-order valence-corrected chi connectivity index (χ0v) is 5.46. The molecular weight excluding hydrogens is 118 g/mol. The molecule has 0 amide bonds. The van der Waals surface area contributed by atoms with Crippen molar-refractivity contribution in [3.05, 3.63) is 0 Å². The summed E-state index contributed by atoms with van der Waals surface area (Å²) in [5.41, 5.74) is 5.24. The van der Waals surface area contributed by atoms with E-state index in [-0.39, 0.29) is 12.1 Å². The highest BCUT2D eigenvalue weighted by atomic mass is 16.5. The molecule has 0 aromatic carbocycles. The highest BCUT2D eigenvalue weighted by Gasteiger charge is 2.26. The van der Waals surface area contributed by atoms with E-state index in [1.165, 1.54) is 0 Å². The molecule has 0 aromatic rings. The minimum atomic E-state index is -0.467. The van der Waals surface area contributed by atoms with Gasteiger partial charge in [-0.1, -0.05) is 0 Å². The van der Waals surface area contributed by atoms with Crippen LogP contribution in [0.4, 0.5) is 0 Å². The van der Waals surface area contributed by atoms with Crippen LogP contribution in [-0.2, 0) is 9.53 Å². The van der Waals surface area contributed by atoms with Gasteiger partial charge in [0.15, 0.2) is 0 Å². The Balaban J connectivity index is 2.17. The van der Waals surface area contributed by atoms with Crippen molar-refractivity contribution < 1.29 is 9.53 Å². The van der Waals surface area contributed by atoms with Gasteiger partial charge in [0.2, 0.25) is 0 Å². The van der Waals surface area contributed by atoms with Gasteiger partial charge in [-0.15, -0.1) is 0 Å². The summed E-state index contributed by atoms with van der Waals surface area (Å²) in [6.07, 6.45) is 2.21. The standard InChI is InChI=1S/C6H11NO2/c1-4(7)6(8)9-5-2-3-5/h4-5H,2-3,7H2,1H3/t4-/m0/s1. The van der Waals surface area contributed by atoms with Gasteiger partial charge in [0.1, 0.15) is 12.1 Å². The molecule has 3 heteroatoms. The normalized spacial score (nSPS) is 21.1. The molecule has 1 aliphatic carbocycles. The predicted octanol–water partition coefficient (Wildman–Crippen LogP) is 0.0392. The fourth-order valence-corrected chi connectivity index (χ4v) is 0.457. The Labute approximate surface area is 54.2 Å². The third kappa shape index (κ3) is 2.01. The lowest BCUT2D eigenvalue weighted by Crippen LogP contribution is -2.29. The van der Waals surface area contributed by atoms with Gasteiger partial charge >= 0.3 is 5.97 Å². The number of hydrogen-bond acceptors (Lipinski definition) is 3. The first-order valence-corrected chi connectivity index (χ1v) is 3.16. The summed E-state index contributed by atoms with van der Waals surface area (Å²) < 4.78 is 4.86. The second-order valence-electron chi connectivity index (χ2n) is 2.42. The molecule has 0 heterocycles. The van der Waals surface area contributed by atoms with E-state index in [0.717, 1.165) is 12.8 Å². The summed E-state index contributed by atoms with van der Waals surface area (Å²) in [5, 5.41) is 0. The Morgan fingerprint density at radius 3 is 2.67 bits per heavy atom. The first-order chi connectivity index (χ1) is 4.20. The summed E-state index contributed by atoms with van der Waals surface area (Å²) in [5.74, 6) is -0.280. The summed E-state index contributed by atoms with van der Waals surface area (Å²) in [4.78, 5) is 10.6. The Morgan fingerprint density at radius 2 is 2.33 bits per heavy atom. The van der Waals surface area contributed by atoms with Crippen LogP contribution in [0.5, 0.6) is 0 Å². The lowest BCUT2D eigenvalue weighted by molar-refractivity contribution is -0.145. The molecule has 0 saturated heterocycles. The summed E-state index contributed by atoms with van der Waals surface area (Å²) in [6.45, 7) is 1.63. The number of carbonyl (C=O) groups excluding carboxylic acids is 1. The molecule has 0 aliphatic heterocycles. The van der Waals surface area contributed by atoms with Gasteiger partial charge in [0, 0.05) is 0 Å². The molecule has 0 radical (unpaired) electrons. The maximum Gasteiger partial charge on any atom is 0.322 e. The molecule has 2 N–H and O–H groups in total. The molecule has 0 unspecified atom stereocenters. The van der Waals surface area contributed by atoms with E-state index < -0.39 is 6.04 Å². The van der Waals surface area contributed by atoms with Crippen LogP contribution < -0.4 is 5.73 Å². The number of esters is 1. The molecule has 52 valence electrons. The minimum Gasteiger partial charge on any atom is -0.461 e. The zero-order valence-electron chi connectivity index (χ0n) is 5.46. The van der Waals surface area contributed by atoms with Crippen molar-refractivity contribution in [2.24, 2.45) is 5.73 Å². The molecule has 1 aliphatic rings. The number of nitrogens with two attached hydrogens (primary N) is 1. The SMILES string of the molecule is C[C@H](N)C(=O)OC1CC1. The molecule has 0 spiro atoms. The molecule has 1 fully saturated rings. The maximum atomic E-state index is 10.6. The fourth-order valence-electron chi connectivity index (χ4n) is 0.457. The van der Waals surface area contributed by atoms with Gasteiger partial charge < -0.3 is 10.5 Å². The second-order valence-corrected chi connectivity index (χ2v) is 2.42. The molecular formula is C6H11NO2. The zero-order chi connectivity index (χ0) is 6.85. The van der Waals surface area contributed by atoms with Crippen LogP contribution in [-0.4, -0.2) is 18.1 Å². The van der Waals surface area contributed by atoms with Gasteiger partial charge in [-0.3, -0.25) is 4.79 Å². The van der Waals surface area contributed by atoms with Crippen LogP contribution in [0.25, 0.3) is 0 Å². The van der Waals surface area contributed by atoms with E-state index in [4.69, 9.17) is 10.5 Å². The number of hydrogen-bond donors (Lipinski definition) is 1. The average Bonchev–Trinajstić information content (AvgIpc) is 2.50. The van der Waals surface area contributed by atoms with Crippen LogP contribution in [0.15, 0.2) is 0 Å². The molecule has 0 aromatic heterocycles. The van der Waals surface area contributed by atoms with Crippen molar-refractivity contribution in [3.8, 4) is 0 Å². The Kier molecular flexibility index (Phi) is 1.71. The molecule has 3 nitrogen and oxygen atoms in total. The van der Waals surface area contributed by atoms with Crippen molar-refractivity contribution in [3.63, 3.8) is 0 Å². The fraction of sp³-hybridized carbons (Fsp3) is 0.833. The maximum absolute atomic E-state index is 10.6. The van der Waals surface area contributed by atoms with Gasteiger partial charge in [0.05, 0.1) is 0 Å². The molecule has 1 atom stereocenters. The predicted molar refractivity (Wildman–Crippen MR) is 32.8 cm³/mol. The lowest BCUT2D eigenvalue weighted by Gasteiger charge is -2.03. The summed E-state index contributed by atoms with van der Waals surface area (Å²) in [7, 11) is 0. The van der Waals surface area contributed by atoms with Crippen LogP contribution in [0.3, 0.4) is 0 Å². The Morgan fingerprint density at radius 1 is 1.78 bits per heavy atom. The van der Waals surface area contributed by atoms with Crippen molar-refractivity contribution in [1.82, 2.24) is 0 Å². The monoisotopic (exact) mass is 129 g/mol. The van der Waals surface area contributed by atoms with Gasteiger partial charge in [-0.25, -0.2) is 0 Å². The van der Waals surface area contributed by atoms with Gasteiger partial charge in [-0.2, -0.15) is 0 Å². The smallest absolute Gasteiger partial charge is 0.322 e. The van der Waals surface area contributed by atoms with E-state index in [1.807, 2.05) is 0 Å². The van der Waals surface area contributed by atoms with Gasteiger partial charge in [0.25, 0.3) is 0 Å². The largest absolute Gasteiger partial charge is 0.461 e. The lowest BCUT2D eigenvalue weighted by atomic mass is 10.4. The first-order valence-electron chi connectivity index (χ1n) is 3.16. The highest BCUT2D eigenvalue weighted by molar-refractivity contribution is 5.75. The van der Waals surface area contributed by atoms with Crippen LogP contribution in [0, 0.1) is 0 Å². The second kappa shape index (κ2) is 2.35. The Hall–Kier alpha value is -0.570. The molecule has 9 heavy (non-hydrogen) atoms. The number of ether oxygens (including phenoxy) is 1. The third-order valence-corrected chi connectivity index (χ3v) is 1.18. The van der Waals surface area contributed by atoms with Crippen molar-refractivity contribution in [1.29, 1.82) is 0 Å². The number of carbonyl (C=O) groups is 1. The van der Waals surface area contributed by atoms with E-state index in [0.29, 0.717) is 0 Å². The van der Waals surface area contributed by atoms with Gasteiger partial charge in [-0.05, 0) is 19.8 Å². The third-order valence-electron chi connectivity index (χ3n) is 1.18. The van der Waals surface area contributed by atoms with E-state index in [1.54, 1.807) is 6.92 Å².